The summed E-state index contributed by atoms with van der Waals surface area (Å²) in [6.45, 7) is 0. The molecule has 94 valence electrons. The van der Waals surface area contributed by atoms with E-state index < -0.39 is 6.10 Å². The minimum Gasteiger partial charge on any atom is -0.386 e. The van der Waals surface area contributed by atoms with Crippen molar-refractivity contribution in [2.75, 3.05) is 7.11 Å². The van der Waals surface area contributed by atoms with Gasteiger partial charge in [-0.1, -0.05) is 19.3 Å². The van der Waals surface area contributed by atoms with Crippen molar-refractivity contribution in [3.63, 3.8) is 0 Å². The minimum absolute atomic E-state index is 0.138. The molecule has 4 nitrogen and oxygen atoms in total. The van der Waals surface area contributed by atoms with Crippen molar-refractivity contribution in [2.24, 2.45) is 5.92 Å². The monoisotopic (exact) mass is 236 g/mol. The topological polar surface area (TPSA) is 55.2 Å². The van der Waals surface area contributed by atoms with E-state index in [4.69, 9.17) is 4.74 Å². The number of rotatable bonds is 4. The van der Waals surface area contributed by atoms with Crippen LogP contribution in [-0.2, 0) is 4.74 Å². The fourth-order valence-electron chi connectivity index (χ4n) is 2.69. The Morgan fingerprint density at radius 1 is 1.24 bits per heavy atom. The van der Waals surface area contributed by atoms with Crippen molar-refractivity contribution in [2.45, 2.75) is 44.3 Å². The number of ether oxygens (including phenoxy) is 1. The second-order valence-corrected chi connectivity index (χ2v) is 4.72. The summed E-state index contributed by atoms with van der Waals surface area (Å²) in [4.78, 5) is 7.88. The van der Waals surface area contributed by atoms with Crippen LogP contribution in [0.2, 0.25) is 0 Å². The quantitative estimate of drug-likeness (QED) is 0.870. The molecule has 1 aromatic heterocycles. The van der Waals surface area contributed by atoms with E-state index in [1.807, 2.05) is 0 Å². The number of hydrogen-bond acceptors (Lipinski definition) is 4. The maximum Gasteiger partial charge on any atom is 0.115 e. The standard InChI is InChI=1S/C13H20N2O2/c1-17-13(10-5-3-2-4-6-10)12(16)11-7-14-9-15-8-11/h7-10,12-13,16H,2-6H2,1H3. The molecule has 1 N–H and O–H groups in total. The van der Waals surface area contributed by atoms with Gasteiger partial charge in [-0.25, -0.2) is 9.97 Å². The molecule has 0 aliphatic heterocycles. The van der Waals surface area contributed by atoms with Gasteiger partial charge in [-0.2, -0.15) is 0 Å². The number of nitrogens with zero attached hydrogens (tertiary/aromatic N) is 2. The third-order valence-corrected chi connectivity index (χ3v) is 3.62. The van der Waals surface area contributed by atoms with Crippen LogP contribution in [-0.4, -0.2) is 28.3 Å². The van der Waals surface area contributed by atoms with Gasteiger partial charge in [0, 0.05) is 25.1 Å². The first-order valence-corrected chi connectivity index (χ1v) is 6.28. The van der Waals surface area contributed by atoms with Gasteiger partial charge in [0.25, 0.3) is 0 Å². The molecule has 1 heterocycles. The van der Waals surface area contributed by atoms with Gasteiger partial charge in [0.15, 0.2) is 0 Å². The summed E-state index contributed by atoms with van der Waals surface area (Å²) in [5, 5.41) is 10.3. The number of aliphatic hydroxyl groups is 1. The van der Waals surface area contributed by atoms with Crippen LogP contribution in [0.1, 0.15) is 43.8 Å². The van der Waals surface area contributed by atoms with Gasteiger partial charge >= 0.3 is 0 Å². The molecule has 0 aromatic carbocycles. The molecule has 1 fully saturated rings. The van der Waals surface area contributed by atoms with E-state index >= 15 is 0 Å². The molecule has 1 aliphatic rings. The fourth-order valence-corrected chi connectivity index (χ4v) is 2.69. The summed E-state index contributed by atoms with van der Waals surface area (Å²) in [7, 11) is 1.67. The highest BCUT2D eigenvalue weighted by atomic mass is 16.5. The van der Waals surface area contributed by atoms with Crippen LogP contribution in [0.3, 0.4) is 0 Å². The zero-order valence-corrected chi connectivity index (χ0v) is 10.2. The molecule has 4 heteroatoms. The predicted molar refractivity (Wildman–Crippen MR) is 64.4 cm³/mol. The molecule has 2 rings (SSSR count). The SMILES string of the molecule is COC(C1CCCCC1)C(O)c1cncnc1. The summed E-state index contributed by atoms with van der Waals surface area (Å²) in [6.07, 6.45) is 10.1. The highest BCUT2D eigenvalue weighted by Gasteiger charge is 2.30. The molecule has 0 saturated heterocycles. The molecule has 17 heavy (non-hydrogen) atoms. The third-order valence-electron chi connectivity index (χ3n) is 3.62. The molecule has 2 atom stereocenters. The number of methoxy groups -OCH3 is 1. The van der Waals surface area contributed by atoms with Gasteiger partial charge in [0.05, 0.1) is 6.10 Å². The molecule has 1 aliphatic carbocycles. The molecule has 1 saturated carbocycles. The molecule has 0 amide bonds. The van der Waals surface area contributed by atoms with Gasteiger partial charge in [0.1, 0.15) is 12.4 Å². The first kappa shape index (κ1) is 12.5. The van der Waals surface area contributed by atoms with Crippen LogP contribution in [0.5, 0.6) is 0 Å². The Labute approximate surface area is 102 Å². The van der Waals surface area contributed by atoms with E-state index in [-0.39, 0.29) is 6.10 Å². The van der Waals surface area contributed by atoms with Crippen LogP contribution in [0, 0.1) is 5.92 Å². The lowest BCUT2D eigenvalue weighted by molar-refractivity contribution is -0.0561. The van der Waals surface area contributed by atoms with Crippen molar-refractivity contribution in [3.8, 4) is 0 Å². The molecular weight excluding hydrogens is 216 g/mol. The lowest BCUT2D eigenvalue weighted by Gasteiger charge is -2.32. The minimum atomic E-state index is -0.621. The van der Waals surface area contributed by atoms with E-state index in [1.54, 1.807) is 19.5 Å². The van der Waals surface area contributed by atoms with Crippen molar-refractivity contribution >= 4 is 0 Å². The highest BCUT2D eigenvalue weighted by molar-refractivity contribution is 5.09. The van der Waals surface area contributed by atoms with Gasteiger partial charge < -0.3 is 9.84 Å². The maximum atomic E-state index is 10.3. The smallest absolute Gasteiger partial charge is 0.115 e. The zero-order chi connectivity index (χ0) is 12.1. The van der Waals surface area contributed by atoms with E-state index in [2.05, 4.69) is 9.97 Å². The lowest BCUT2D eigenvalue weighted by atomic mass is 9.82. The normalized spacial score (nSPS) is 21.1. The summed E-state index contributed by atoms with van der Waals surface area (Å²) in [5.41, 5.74) is 0.741. The van der Waals surface area contributed by atoms with Crippen LogP contribution < -0.4 is 0 Å². The van der Waals surface area contributed by atoms with Crippen molar-refractivity contribution < 1.29 is 9.84 Å². The van der Waals surface area contributed by atoms with Gasteiger partial charge in [0.2, 0.25) is 0 Å². The van der Waals surface area contributed by atoms with Crippen LogP contribution in [0.4, 0.5) is 0 Å². The average molecular weight is 236 g/mol. The Morgan fingerprint density at radius 3 is 2.47 bits per heavy atom. The summed E-state index contributed by atoms with van der Waals surface area (Å²) in [5.74, 6) is 0.448. The number of aliphatic hydroxyl groups excluding tert-OH is 1. The number of hydrogen-bond donors (Lipinski definition) is 1. The molecule has 0 radical (unpaired) electrons. The Bertz CT molecular complexity index is 325. The second kappa shape index (κ2) is 6.07. The van der Waals surface area contributed by atoms with Gasteiger partial charge in [-0.05, 0) is 18.8 Å². The third kappa shape index (κ3) is 3.01. The zero-order valence-electron chi connectivity index (χ0n) is 10.2. The van der Waals surface area contributed by atoms with E-state index in [9.17, 15) is 5.11 Å². The van der Waals surface area contributed by atoms with E-state index in [0.717, 1.165) is 18.4 Å². The molecule has 0 bridgehead atoms. The summed E-state index contributed by atoms with van der Waals surface area (Å²) < 4.78 is 5.50. The molecule has 1 aromatic rings. The van der Waals surface area contributed by atoms with Crippen LogP contribution in [0.25, 0.3) is 0 Å². The van der Waals surface area contributed by atoms with E-state index in [0.29, 0.717) is 5.92 Å². The van der Waals surface area contributed by atoms with Crippen molar-refractivity contribution in [1.29, 1.82) is 0 Å². The first-order valence-electron chi connectivity index (χ1n) is 6.28. The maximum absolute atomic E-state index is 10.3. The Morgan fingerprint density at radius 2 is 1.88 bits per heavy atom. The largest absolute Gasteiger partial charge is 0.386 e. The Balaban J connectivity index is 2.06. The summed E-state index contributed by atoms with van der Waals surface area (Å²) >= 11 is 0. The van der Waals surface area contributed by atoms with Crippen LogP contribution in [0.15, 0.2) is 18.7 Å². The van der Waals surface area contributed by atoms with Crippen molar-refractivity contribution in [3.05, 3.63) is 24.3 Å². The van der Waals surface area contributed by atoms with Gasteiger partial charge in [-0.15, -0.1) is 0 Å². The Kier molecular flexibility index (Phi) is 4.45. The molecule has 2 unspecified atom stereocenters. The van der Waals surface area contributed by atoms with Crippen molar-refractivity contribution in [1.82, 2.24) is 9.97 Å². The summed E-state index contributed by atoms with van der Waals surface area (Å²) in [6, 6.07) is 0. The number of aromatic nitrogens is 2. The second-order valence-electron chi connectivity index (χ2n) is 4.72. The highest BCUT2D eigenvalue weighted by Crippen LogP contribution is 2.33. The lowest BCUT2D eigenvalue weighted by Crippen LogP contribution is -2.31. The molecular formula is C13H20N2O2. The van der Waals surface area contributed by atoms with Gasteiger partial charge in [-0.3, -0.25) is 0 Å². The Hall–Kier alpha value is -1.00. The van der Waals surface area contributed by atoms with Crippen LogP contribution >= 0.6 is 0 Å². The average Bonchev–Trinajstić information content (AvgIpc) is 2.42. The first-order chi connectivity index (χ1) is 8.33. The fraction of sp³-hybridized carbons (Fsp3) is 0.692. The molecule has 0 spiro atoms. The van der Waals surface area contributed by atoms with E-state index in [1.165, 1.54) is 25.6 Å². The predicted octanol–water partition coefficient (Wildman–Crippen LogP) is 2.11.